The molecule has 5 nitrogen and oxygen atoms in total. The van der Waals surface area contributed by atoms with E-state index in [4.69, 9.17) is 4.74 Å². The van der Waals surface area contributed by atoms with Crippen LogP contribution in [-0.2, 0) is 11.4 Å². The second-order valence-electron chi connectivity index (χ2n) is 5.89. The Morgan fingerprint density at radius 2 is 1.85 bits per heavy atom. The molecule has 6 heteroatoms. The third-order valence-electron chi connectivity index (χ3n) is 3.95. The smallest absolute Gasteiger partial charge is 0.329 e. The summed E-state index contributed by atoms with van der Waals surface area (Å²) in [4.78, 5) is 25.2. The van der Waals surface area contributed by atoms with Crippen LogP contribution in [0.3, 0.4) is 0 Å². The summed E-state index contributed by atoms with van der Waals surface area (Å²) in [6.07, 6.45) is 2.33. The number of urea groups is 1. The largest absolute Gasteiger partial charge is 0.489 e. The molecular weight excluding hydrogens is 335 g/mol. The van der Waals surface area contributed by atoms with E-state index in [0.717, 1.165) is 5.56 Å². The number of carbonyl (C=O) groups excluding carboxylic acids is 2. The molecule has 1 saturated heterocycles. The van der Waals surface area contributed by atoms with E-state index in [1.54, 1.807) is 48.5 Å². The van der Waals surface area contributed by atoms with Gasteiger partial charge in [-0.2, -0.15) is 0 Å². The monoisotopic (exact) mass is 354 g/mol. The third kappa shape index (κ3) is 3.91. The summed E-state index contributed by atoms with van der Waals surface area (Å²) < 4.78 is 19.2. The van der Waals surface area contributed by atoms with Crippen molar-refractivity contribution < 1.29 is 18.7 Å². The summed E-state index contributed by atoms with van der Waals surface area (Å²) in [5, 5.41) is 2.58. The van der Waals surface area contributed by atoms with Crippen LogP contribution in [0.25, 0.3) is 6.08 Å². The van der Waals surface area contributed by atoms with Crippen molar-refractivity contribution in [2.45, 2.75) is 20.0 Å². The molecule has 0 atom stereocenters. The first-order valence-electron chi connectivity index (χ1n) is 8.39. The van der Waals surface area contributed by atoms with Gasteiger partial charge in [-0.25, -0.2) is 9.18 Å². The Hall–Kier alpha value is -3.15. The number of nitrogens with one attached hydrogen (secondary N) is 1. The van der Waals surface area contributed by atoms with Crippen LogP contribution in [0.4, 0.5) is 9.18 Å². The van der Waals surface area contributed by atoms with Gasteiger partial charge in [0.1, 0.15) is 23.9 Å². The second kappa shape index (κ2) is 7.82. The van der Waals surface area contributed by atoms with Crippen molar-refractivity contribution in [1.29, 1.82) is 0 Å². The molecule has 1 N–H and O–H groups in total. The highest BCUT2D eigenvalue weighted by Gasteiger charge is 2.32. The van der Waals surface area contributed by atoms with Crippen molar-refractivity contribution in [2.24, 2.45) is 0 Å². The number of rotatable bonds is 6. The summed E-state index contributed by atoms with van der Waals surface area (Å²) in [7, 11) is 0. The molecule has 1 heterocycles. The van der Waals surface area contributed by atoms with Crippen molar-refractivity contribution in [3.8, 4) is 5.75 Å². The number of hydrogen-bond acceptors (Lipinski definition) is 3. The topological polar surface area (TPSA) is 58.6 Å². The van der Waals surface area contributed by atoms with Gasteiger partial charge < -0.3 is 10.1 Å². The Morgan fingerprint density at radius 3 is 2.54 bits per heavy atom. The van der Waals surface area contributed by atoms with E-state index in [1.165, 1.54) is 11.0 Å². The molecule has 3 rings (SSSR count). The van der Waals surface area contributed by atoms with E-state index in [-0.39, 0.29) is 24.0 Å². The van der Waals surface area contributed by atoms with Gasteiger partial charge in [0, 0.05) is 12.1 Å². The van der Waals surface area contributed by atoms with Gasteiger partial charge in [0.2, 0.25) is 0 Å². The zero-order chi connectivity index (χ0) is 18.5. The summed E-state index contributed by atoms with van der Waals surface area (Å²) in [5.41, 5.74) is 1.49. The van der Waals surface area contributed by atoms with E-state index in [2.05, 4.69) is 5.32 Å². The fourth-order valence-electron chi connectivity index (χ4n) is 2.60. The van der Waals surface area contributed by atoms with Gasteiger partial charge in [0.25, 0.3) is 5.91 Å². The first-order valence-corrected chi connectivity index (χ1v) is 8.39. The van der Waals surface area contributed by atoms with Crippen LogP contribution < -0.4 is 10.1 Å². The molecule has 0 spiro atoms. The predicted molar refractivity (Wildman–Crippen MR) is 95.7 cm³/mol. The Balaban J connectivity index is 1.65. The molecule has 0 bridgehead atoms. The summed E-state index contributed by atoms with van der Waals surface area (Å²) in [5.74, 6) is -0.0394. The molecule has 1 aliphatic heterocycles. The maximum atomic E-state index is 13.6. The molecule has 2 aromatic rings. The van der Waals surface area contributed by atoms with Gasteiger partial charge in [-0.15, -0.1) is 0 Å². The first kappa shape index (κ1) is 17.7. The van der Waals surface area contributed by atoms with E-state index in [9.17, 15) is 14.0 Å². The van der Waals surface area contributed by atoms with Crippen LogP contribution in [-0.4, -0.2) is 23.4 Å². The number of carbonyl (C=O) groups is 2. The summed E-state index contributed by atoms with van der Waals surface area (Å²) in [6.45, 7) is 2.43. The Labute approximate surface area is 151 Å². The highest BCUT2D eigenvalue weighted by atomic mass is 19.1. The average Bonchev–Trinajstić information content (AvgIpc) is 2.90. The normalized spacial score (nSPS) is 15.5. The maximum absolute atomic E-state index is 13.6. The third-order valence-corrected chi connectivity index (χ3v) is 3.95. The summed E-state index contributed by atoms with van der Waals surface area (Å²) in [6, 6.07) is 13.1. The number of imide groups is 1. The fraction of sp³-hybridized carbons (Fsp3) is 0.200. The molecule has 134 valence electrons. The van der Waals surface area contributed by atoms with Crippen LogP contribution in [0.1, 0.15) is 24.5 Å². The Bertz CT molecular complexity index is 846. The molecule has 0 saturated carbocycles. The lowest BCUT2D eigenvalue weighted by molar-refractivity contribution is -0.122. The number of nitrogens with zero attached hydrogens (tertiary/aromatic N) is 1. The number of benzene rings is 2. The van der Waals surface area contributed by atoms with E-state index in [0.29, 0.717) is 24.3 Å². The highest BCUT2D eigenvalue weighted by molar-refractivity contribution is 6.13. The fourth-order valence-corrected chi connectivity index (χ4v) is 2.60. The van der Waals surface area contributed by atoms with E-state index in [1.807, 2.05) is 6.92 Å². The van der Waals surface area contributed by atoms with Crippen LogP contribution in [0.2, 0.25) is 0 Å². The molecular formula is C20H19FN2O3. The number of ether oxygens (including phenoxy) is 1. The molecule has 0 aliphatic carbocycles. The standard InChI is InChI=1S/C20H19FN2O3/c1-2-11-23-19(24)18(22-20(23)25)12-14-7-9-16(10-8-14)26-13-15-5-3-4-6-17(15)21/h3-10,12H,2,11,13H2,1H3,(H,22,25)/b18-12+. The van der Waals surface area contributed by atoms with Gasteiger partial charge >= 0.3 is 6.03 Å². The van der Waals surface area contributed by atoms with Crippen molar-refractivity contribution >= 4 is 18.0 Å². The molecule has 0 radical (unpaired) electrons. The van der Waals surface area contributed by atoms with Crippen LogP contribution >= 0.6 is 0 Å². The predicted octanol–water partition coefficient (Wildman–Crippen LogP) is 3.71. The van der Waals surface area contributed by atoms with Gasteiger partial charge in [0.15, 0.2) is 0 Å². The van der Waals surface area contributed by atoms with Crippen molar-refractivity contribution in [2.75, 3.05) is 6.54 Å². The second-order valence-corrected chi connectivity index (χ2v) is 5.89. The first-order chi connectivity index (χ1) is 12.6. The van der Waals surface area contributed by atoms with Crippen LogP contribution in [0, 0.1) is 5.82 Å². The van der Waals surface area contributed by atoms with Crippen molar-refractivity contribution in [1.82, 2.24) is 10.2 Å². The minimum absolute atomic E-state index is 0.133. The van der Waals surface area contributed by atoms with Crippen molar-refractivity contribution in [3.05, 3.63) is 71.2 Å². The molecule has 26 heavy (non-hydrogen) atoms. The van der Waals surface area contributed by atoms with Gasteiger partial charge in [-0.3, -0.25) is 9.69 Å². The van der Waals surface area contributed by atoms with Crippen molar-refractivity contribution in [3.63, 3.8) is 0 Å². The minimum atomic E-state index is -0.395. The molecule has 1 aliphatic rings. The lowest BCUT2D eigenvalue weighted by atomic mass is 10.2. The number of hydrogen-bond donors (Lipinski definition) is 1. The van der Waals surface area contributed by atoms with Gasteiger partial charge in [-0.05, 0) is 36.3 Å². The quantitative estimate of drug-likeness (QED) is 0.635. The van der Waals surface area contributed by atoms with Crippen LogP contribution in [0.5, 0.6) is 5.75 Å². The SMILES string of the molecule is CCCN1C(=O)N/C(=C/c2ccc(OCc3ccccc3F)cc2)C1=O. The van der Waals surface area contributed by atoms with E-state index >= 15 is 0 Å². The minimum Gasteiger partial charge on any atom is -0.489 e. The molecule has 0 aromatic heterocycles. The van der Waals surface area contributed by atoms with Gasteiger partial charge in [0.05, 0.1) is 0 Å². The lowest BCUT2D eigenvalue weighted by Crippen LogP contribution is -2.31. The van der Waals surface area contributed by atoms with Crippen LogP contribution in [0.15, 0.2) is 54.2 Å². The number of amides is 3. The van der Waals surface area contributed by atoms with Gasteiger partial charge in [-0.1, -0.05) is 37.3 Å². The molecule has 1 fully saturated rings. The molecule has 2 aromatic carbocycles. The zero-order valence-corrected chi connectivity index (χ0v) is 14.4. The maximum Gasteiger partial charge on any atom is 0.329 e. The number of halogens is 1. The Morgan fingerprint density at radius 1 is 1.12 bits per heavy atom. The van der Waals surface area contributed by atoms with E-state index < -0.39 is 6.03 Å². The lowest BCUT2D eigenvalue weighted by Gasteiger charge is -2.08. The summed E-state index contributed by atoms with van der Waals surface area (Å²) >= 11 is 0. The molecule has 3 amide bonds. The zero-order valence-electron chi connectivity index (χ0n) is 14.4. The highest BCUT2D eigenvalue weighted by Crippen LogP contribution is 2.19. The molecule has 0 unspecified atom stereocenters. The Kier molecular flexibility index (Phi) is 5.31. The average molecular weight is 354 g/mol.